The van der Waals surface area contributed by atoms with Gasteiger partial charge in [0, 0.05) is 14.8 Å². The highest BCUT2D eigenvalue weighted by molar-refractivity contribution is 14.1. The second-order valence-corrected chi connectivity index (χ2v) is 5.67. The molecular weight excluding hydrogens is 341 g/mol. The van der Waals surface area contributed by atoms with E-state index in [1.165, 1.54) is 0 Å². The minimum absolute atomic E-state index is 0.216. The highest BCUT2D eigenvalue weighted by Crippen LogP contribution is 2.43. The van der Waals surface area contributed by atoms with E-state index in [0.29, 0.717) is 28.4 Å². The number of hydrogen-bond donors (Lipinski definition) is 5. The Bertz CT molecular complexity index is 487. The Kier molecular flexibility index (Phi) is 4.20. The van der Waals surface area contributed by atoms with Crippen LogP contribution in [0.15, 0.2) is 5.70 Å². The van der Waals surface area contributed by atoms with Crippen molar-refractivity contribution >= 4 is 50.9 Å². The van der Waals surface area contributed by atoms with E-state index < -0.39 is 0 Å². The van der Waals surface area contributed by atoms with Crippen LogP contribution in [0.4, 0.5) is 22.7 Å². The van der Waals surface area contributed by atoms with E-state index in [1.54, 1.807) is 0 Å². The second-order valence-electron chi connectivity index (χ2n) is 4.60. The average molecular weight is 361 g/mol. The van der Waals surface area contributed by atoms with Gasteiger partial charge in [-0.15, -0.1) is 0 Å². The molecule has 5 nitrogen and oxygen atoms in total. The topological polar surface area (TPSA) is 130 Å². The van der Waals surface area contributed by atoms with Crippen LogP contribution < -0.4 is 28.7 Å². The quantitative estimate of drug-likeness (QED) is 0.406. The van der Waals surface area contributed by atoms with Crippen LogP contribution in [0, 0.1) is 9.49 Å². The molecule has 0 heterocycles. The Hall–Kier alpha value is -1.31. The van der Waals surface area contributed by atoms with Gasteiger partial charge in [-0.1, -0.05) is 13.8 Å². The van der Waals surface area contributed by atoms with Gasteiger partial charge in [-0.25, -0.2) is 0 Å². The summed E-state index contributed by atoms with van der Waals surface area (Å²) in [6.45, 7) is 5.93. The van der Waals surface area contributed by atoms with Crippen molar-refractivity contribution in [2.24, 2.45) is 11.7 Å². The van der Waals surface area contributed by atoms with Gasteiger partial charge in [0.05, 0.1) is 22.7 Å². The molecule has 0 aliphatic rings. The predicted octanol–water partition coefficient (Wildman–Crippen LogP) is 1.97. The van der Waals surface area contributed by atoms with Crippen molar-refractivity contribution in [3.8, 4) is 0 Å². The van der Waals surface area contributed by atoms with E-state index in [2.05, 4.69) is 22.6 Å². The smallest absolute Gasteiger partial charge is 0.0814 e. The molecule has 100 valence electrons. The molecule has 0 saturated heterocycles. The molecule has 0 spiro atoms. The number of hydrogen-bond acceptors (Lipinski definition) is 5. The molecule has 1 rings (SSSR count). The first-order valence-electron chi connectivity index (χ1n) is 5.58. The van der Waals surface area contributed by atoms with Gasteiger partial charge in [0.1, 0.15) is 0 Å². The van der Waals surface area contributed by atoms with Crippen LogP contribution in [-0.4, -0.2) is 0 Å². The molecule has 6 heteroatoms. The van der Waals surface area contributed by atoms with E-state index in [0.717, 1.165) is 14.7 Å². The number of anilines is 4. The van der Waals surface area contributed by atoms with Crippen molar-refractivity contribution in [2.75, 3.05) is 22.9 Å². The lowest BCUT2D eigenvalue weighted by atomic mass is 9.91. The van der Waals surface area contributed by atoms with Crippen LogP contribution in [0.2, 0.25) is 0 Å². The van der Waals surface area contributed by atoms with Crippen LogP contribution in [0.5, 0.6) is 0 Å². The Labute approximate surface area is 121 Å². The van der Waals surface area contributed by atoms with Crippen molar-refractivity contribution in [3.05, 3.63) is 14.8 Å². The van der Waals surface area contributed by atoms with Gasteiger partial charge in [0.15, 0.2) is 0 Å². The zero-order chi connectivity index (χ0) is 14.2. The summed E-state index contributed by atoms with van der Waals surface area (Å²) in [5.41, 5.74) is 33.7. The lowest BCUT2D eigenvalue weighted by Gasteiger charge is -2.21. The summed E-state index contributed by atoms with van der Waals surface area (Å²) in [6.07, 6.45) is 0. The van der Waals surface area contributed by atoms with Crippen LogP contribution in [-0.2, 0) is 0 Å². The maximum absolute atomic E-state index is 6.07. The molecule has 0 fully saturated rings. The van der Waals surface area contributed by atoms with Crippen LogP contribution in [0.1, 0.15) is 26.3 Å². The van der Waals surface area contributed by atoms with Crippen molar-refractivity contribution in [1.29, 1.82) is 0 Å². The fourth-order valence-electron chi connectivity index (χ4n) is 2.00. The van der Waals surface area contributed by atoms with Gasteiger partial charge in [0.2, 0.25) is 0 Å². The summed E-state index contributed by atoms with van der Waals surface area (Å²) >= 11 is 2.12. The van der Waals surface area contributed by atoms with Gasteiger partial charge in [-0.05, 0) is 41.0 Å². The van der Waals surface area contributed by atoms with E-state index >= 15 is 0 Å². The number of benzene rings is 1. The molecule has 1 aromatic carbocycles. The third-order valence-electron chi connectivity index (χ3n) is 2.87. The largest absolute Gasteiger partial charge is 0.402 e. The highest BCUT2D eigenvalue weighted by atomic mass is 127. The normalized spacial score (nSPS) is 12.7. The van der Waals surface area contributed by atoms with E-state index in [1.807, 2.05) is 20.8 Å². The first kappa shape index (κ1) is 14.7. The molecule has 18 heavy (non-hydrogen) atoms. The zero-order valence-electron chi connectivity index (χ0n) is 10.8. The monoisotopic (exact) mass is 361 g/mol. The van der Waals surface area contributed by atoms with Crippen molar-refractivity contribution in [2.45, 2.75) is 20.8 Å². The SMILES string of the molecule is C/C(N)=C(\c1c(N)c(N)c(N)c(N)c1I)C(C)C. The van der Waals surface area contributed by atoms with Crippen molar-refractivity contribution in [3.63, 3.8) is 0 Å². The fraction of sp³-hybridized carbons (Fsp3) is 0.333. The number of allylic oxidation sites excluding steroid dienone is 2. The molecule has 0 amide bonds. The summed E-state index contributed by atoms with van der Waals surface area (Å²) in [5.74, 6) is 0.216. The molecule has 0 aliphatic carbocycles. The van der Waals surface area contributed by atoms with Gasteiger partial charge in [0.25, 0.3) is 0 Å². The minimum Gasteiger partial charge on any atom is -0.402 e. The zero-order valence-corrected chi connectivity index (χ0v) is 13.0. The second kappa shape index (κ2) is 5.13. The third kappa shape index (κ3) is 2.29. The number of halogens is 1. The van der Waals surface area contributed by atoms with Crippen LogP contribution >= 0.6 is 22.6 Å². The summed E-state index contributed by atoms with van der Waals surface area (Å²) < 4.78 is 0.797. The molecule has 0 bridgehead atoms. The van der Waals surface area contributed by atoms with E-state index in [9.17, 15) is 0 Å². The lowest BCUT2D eigenvalue weighted by molar-refractivity contribution is 0.845. The number of nitrogens with two attached hydrogens (primary N) is 5. The summed E-state index contributed by atoms with van der Waals surface area (Å²) in [4.78, 5) is 0. The fourth-order valence-corrected chi connectivity index (χ4v) is 2.87. The van der Waals surface area contributed by atoms with E-state index in [4.69, 9.17) is 28.7 Å². The molecule has 0 saturated carbocycles. The minimum atomic E-state index is 0.216. The van der Waals surface area contributed by atoms with E-state index in [-0.39, 0.29) is 5.92 Å². The molecule has 1 aromatic rings. The van der Waals surface area contributed by atoms with Crippen LogP contribution in [0.25, 0.3) is 5.57 Å². The molecule has 0 aliphatic heterocycles. The highest BCUT2D eigenvalue weighted by Gasteiger charge is 2.21. The predicted molar refractivity (Wildman–Crippen MR) is 88.4 cm³/mol. The average Bonchev–Trinajstić information content (AvgIpc) is 2.28. The Morgan fingerprint density at radius 1 is 0.944 bits per heavy atom. The summed E-state index contributed by atoms with van der Waals surface area (Å²) in [7, 11) is 0. The first-order chi connectivity index (χ1) is 8.20. The first-order valence-corrected chi connectivity index (χ1v) is 6.65. The van der Waals surface area contributed by atoms with Crippen LogP contribution in [0.3, 0.4) is 0 Å². The molecular formula is C12H20IN5. The molecule has 0 aromatic heterocycles. The maximum atomic E-state index is 6.07. The summed E-state index contributed by atoms with van der Waals surface area (Å²) in [5, 5.41) is 0. The Morgan fingerprint density at radius 3 is 1.78 bits per heavy atom. The standard InChI is InChI=1S/C12H20IN5/c1-4(2)6(5(3)14)7-8(13)10(16)12(18)11(17)9(7)15/h4H,14-18H2,1-3H3/b6-5+. The van der Waals surface area contributed by atoms with Gasteiger partial charge in [-0.2, -0.15) is 0 Å². The molecule has 0 radical (unpaired) electrons. The Morgan fingerprint density at radius 2 is 1.39 bits per heavy atom. The summed E-state index contributed by atoms with van der Waals surface area (Å²) in [6, 6.07) is 0. The molecule has 10 N–H and O–H groups in total. The third-order valence-corrected chi connectivity index (χ3v) is 3.99. The maximum Gasteiger partial charge on any atom is 0.0814 e. The molecule has 0 unspecified atom stereocenters. The van der Waals surface area contributed by atoms with Gasteiger partial charge >= 0.3 is 0 Å². The van der Waals surface area contributed by atoms with Crippen molar-refractivity contribution in [1.82, 2.24) is 0 Å². The number of rotatable bonds is 2. The number of nitrogen functional groups attached to an aromatic ring is 4. The Balaban J connectivity index is 3.76. The van der Waals surface area contributed by atoms with Gasteiger partial charge in [-0.3, -0.25) is 0 Å². The molecule has 0 atom stereocenters. The van der Waals surface area contributed by atoms with Gasteiger partial charge < -0.3 is 28.7 Å². The van der Waals surface area contributed by atoms with Crippen molar-refractivity contribution < 1.29 is 0 Å². The lowest BCUT2D eigenvalue weighted by Crippen LogP contribution is -2.13.